The Morgan fingerprint density at radius 3 is 1.35 bits per heavy atom. The number of aromatic nitrogens is 2. The molecular formula is C18H14N4Se. The predicted octanol–water partition coefficient (Wildman–Crippen LogP) is 3.19. The summed E-state index contributed by atoms with van der Waals surface area (Å²) in [7, 11) is 0. The topological polar surface area (TPSA) is 77.8 Å². The molecule has 0 amide bonds. The van der Waals surface area contributed by atoms with Gasteiger partial charge in [0.05, 0.1) is 0 Å². The van der Waals surface area contributed by atoms with Gasteiger partial charge in [-0.2, -0.15) is 0 Å². The molecule has 0 aliphatic heterocycles. The molecule has 0 saturated heterocycles. The first kappa shape index (κ1) is 14.0. The second kappa shape index (κ2) is 5.54. The molecule has 4 nitrogen and oxygen atoms in total. The summed E-state index contributed by atoms with van der Waals surface area (Å²) < 4.78 is 9.28. The Morgan fingerprint density at radius 1 is 0.565 bits per heavy atom. The zero-order chi connectivity index (χ0) is 15.8. The minimum atomic E-state index is -0.0885. The van der Waals surface area contributed by atoms with E-state index in [2.05, 4.69) is 20.1 Å². The van der Waals surface area contributed by atoms with Gasteiger partial charge >= 0.3 is 140 Å². The second-order valence-electron chi connectivity index (χ2n) is 5.37. The Labute approximate surface area is 140 Å². The van der Waals surface area contributed by atoms with E-state index in [1.165, 1.54) is 0 Å². The van der Waals surface area contributed by atoms with Crippen LogP contribution in [0.15, 0.2) is 60.7 Å². The summed E-state index contributed by atoms with van der Waals surface area (Å²) in [5, 5.41) is 0. The maximum absolute atomic E-state index is 5.78. The van der Waals surface area contributed by atoms with Crippen molar-refractivity contribution >= 4 is 37.4 Å². The monoisotopic (exact) mass is 366 g/mol. The van der Waals surface area contributed by atoms with E-state index in [-0.39, 0.29) is 15.0 Å². The number of rotatable bonds is 2. The summed E-state index contributed by atoms with van der Waals surface area (Å²) in [5.74, 6) is 0. The van der Waals surface area contributed by atoms with E-state index in [9.17, 15) is 0 Å². The predicted molar refractivity (Wildman–Crippen MR) is 96.2 cm³/mol. The maximum atomic E-state index is 5.78. The van der Waals surface area contributed by atoms with Crippen LogP contribution >= 0.6 is 0 Å². The molecule has 1 aromatic heterocycles. The second-order valence-corrected chi connectivity index (χ2v) is 6.47. The number of hydrogen-bond acceptors (Lipinski definition) is 4. The minimum absolute atomic E-state index is 0.0885. The van der Waals surface area contributed by atoms with Crippen LogP contribution in [0.2, 0.25) is 0 Å². The summed E-state index contributed by atoms with van der Waals surface area (Å²) in [6, 6.07) is 19.9. The molecule has 0 bridgehead atoms. The van der Waals surface area contributed by atoms with Crippen LogP contribution in [0.4, 0.5) is 11.4 Å². The van der Waals surface area contributed by atoms with Gasteiger partial charge in [0.1, 0.15) is 0 Å². The van der Waals surface area contributed by atoms with Crippen molar-refractivity contribution in [1.82, 2.24) is 7.96 Å². The van der Waals surface area contributed by atoms with Crippen LogP contribution in [0.5, 0.6) is 0 Å². The Balaban J connectivity index is 1.91. The molecule has 4 rings (SSSR count). The van der Waals surface area contributed by atoms with Gasteiger partial charge in [-0.25, -0.2) is 0 Å². The summed E-state index contributed by atoms with van der Waals surface area (Å²) in [5.41, 5.74) is 19.4. The van der Waals surface area contributed by atoms with Gasteiger partial charge < -0.3 is 0 Å². The first-order valence-electron chi connectivity index (χ1n) is 7.19. The third-order valence-corrected chi connectivity index (χ3v) is 4.97. The third kappa shape index (κ3) is 2.50. The van der Waals surface area contributed by atoms with Crippen LogP contribution in [-0.4, -0.2) is 22.9 Å². The molecule has 0 unspecified atom stereocenters. The fraction of sp³-hybridized carbons (Fsp3) is 0. The van der Waals surface area contributed by atoms with Crippen LogP contribution in [0.3, 0.4) is 0 Å². The van der Waals surface area contributed by atoms with E-state index in [0.717, 1.165) is 44.7 Å². The van der Waals surface area contributed by atoms with Gasteiger partial charge in [0, 0.05) is 0 Å². The van der Waals surface area contributed by atoms with Crippen LogP contribution in [0.1, 0.15) is 0 Å². The zero-order valence-corrected chi connectivity index (χ0v) is 13.9. The van der Waals surface area contributed by atoms with Crippen molar-refractivity contribution in [3.05, 3.63) is 60.7 Å². The van der Waals surface area contributed by atoms with Crippen LogP contribution < -0.4 is 11.5 Å². The molecule has 0 aliphatic rings. The Hall–Kier alpha value is -2.62. The molecule has 0 spiro atoms. The average molecular weight is 365 g/mol. The van der Waals surface area contributed by atoms with E-state index in [4.69, 9.17) is 11.5 Å². The molecular weight excluding hydrogens is 351 g/mol. The summed E-state index contributed by atoms with van der Waals surface area (Å²) in [4.78, 5) is 0. The van der Waals surface area contributed by atoms with Crippen LogP contribution in [0.25, 0.3) is 33.3 Å². The van der Waals surface area contributed by atoms with Crippen molar-refractivity contribution < 1.29 is 0 Å². The Morgan fingerprint density at radius 2 is 0.957 bits per heavy atom. The number of fused-ring (bicyclic) bond motifs is 1. The van der Waals surface area contributed by atoms with E-state index in [0.29, 0.717) is 0 Å². The van der Waals surface area contributed by atoms with E-state index in [1.807, 2.05) is 48.5 Å². The summed E-state index contributed by atoms with van der Waals surface area (Å²) in [6.07, 6.45) is 0. The molecule has 0 aliphatic carbocycles. The van der Waals surface area contributed by atoms with Gasteiger partial charge in [0.15, 0.2) is 0 Å². The molecule has 0 fully saturated rings. The van der Waals surface area contributed by atoms with Gasteiger partial charge in [-0.3, -0.25) is 0 Å². The van der Waals surface area contributed by atoms with Crippen molar-refractivity contribution in [2.75, 3.05) is 11.5 Å². The summed E-state index contributed by atoms with van der Waals surface area (Å²) >= 11 is -0.0885. The van der Waals surface area contributed by atoms with Crippen molar-refractivity contribution in [3.8, 4) is 22.3 Å². The number of nitrogens with zero attached hydrogens (tertiary/aromatic N) is 2. The fourth-order valence-corrected chi connectivity index (χ4v) is 3.86. The molecule has 5 heteroatoms. The van der Waals surface area contributed by atoms with Gasteiger partial charge in [0.25, 0.3) is 0 Å². The van der Waals surface area contributed by atoms with Gasteiger partial charge in [-0.1, -0.05) is 0 Å². The molecule has 4 N–H and O–H groups in total. The molecule has 0 saturated carbocycles. The summed E-state index contributed by atoms with van der Waals surface area (Å²) in [6.45, 7) is 0. The van der Waals surface area contributed by atoms with Crippen LogP contribution in [0, 0.1) is 0 Å². The Bertz CT molecular complexity index is 893. The number of anilines is 2. The van der Waals surface area contributed by atoms with Crippen molar-refractivity contribution in [3.63, 3.8) is 0 Å². The molecule has 112 valence electrons. The SMILES string of the molecule is Nc1ccc(-c2ccc(-c3ccc(N)cc3)c3n[se]nc23)cc1. The number of hydrogen-bond donors (Lipinski definition) is 2. The molecule has 0 atom stereocenters. The van der Waals surface area contributed by atoms with Crippen molar-refractivity contribution in [2.24, 2.45) is 0 Å². The fourth-order valence-electron chi connectivity index (χ4n) is 2.66. The normalized spacial score (nSPS) is 11.0. The van der Waals surface area contributed by atoms with Gasteiger partial charge in [-0.15, -0.1) is 0 Å². The third-order valence-electron chi connectivity index (χ3n) is 3.86. The zero-order valence-electron chi connectivity index (χ0n) is 12.2. The van der Waals surface area contributed by atoms with Gasteiger partial charge in [0.2, 0.25) is 0 Å². The van der Waals surface area contributed by atoms with Crippen molar-refractivity contribution in [1.29, 1.82) is 0 Å². The number of benzene rings is 3. The molecule has 3 aromatic carbocycles. The molecule has 0 radical (unpaired) electrons. The first-order valence-corrected chi connectivity index (χ1v) is 8.73. The standard InChI is InChI=1S/C18H14N4Se/c19-13-5-1-11(2-6-13)15-9-10-16(18-17(15)21-23-22-18)12-3-7-14(20)8-4-12/h1-10H,19-20H2. The van der Waals surface area contributed by atoms with E-state index >= 15 is 0 Å². The molecule has 4 aromatic rings. The van der Waals surface area contributed by atoms with Crippen molar-refractivity contribution in [2.45, 2.75) is 0 Å². The quantitative estimate of drug-likeness (QED) is 0.422. The van der Waals surface area contributed by atoms with Gasteiger partial charge in [-0.05, 0) is 0 Å². The average Bonchev–Trinajstić information content (AvgIpc) is 3.05. The molecule has 1 heterocycles. The number of nitrogen functional groups attached to an aromatic ring is 2. The molecule has 23 heavy (non-hydrogen) atoms. The number of nitrogens with two attached hydrogens (primary N) is 2. The van der Waals surface area contributed by atoms with Crippen LogP contribution in [-0.2, 0) is 0 Å². The Kier molecular flexibility index (Phi) is 3.37. The first-order chi connectivity index (χ1) is 11.2. The van der Waals surface area contributed by atoms with E-state index in [1.54, 1.807) is 0 Å². The van der Waals surface area contributed by atoms with E-state index < -0.39 is 0 Å².